The van der Waals surface area contributed by atoms with Crippen molar-refractivity contribution in [1.29, 1.82) is 0 Å². The highest BCUT2D eigenvalue weighted by Gasteiger charge is 2.23. The van der Waals surface area contributed by atoms with E-state index in [1.54, 1.807) is 0 Å². The number of aliphatic hydroxyl groups is 1. The second-order valence-electron chi connectivity index (χ2n) is 7.67. The van der Waals surface area contributed by atoms with Crippen LogP contribution in [0.5, 0.6) is 0 Å². The first-order valence-electron chi connectivity index (χ1n) is 10.0. The summed E-state index contributed by atoms with van der Waals surface area (Å²) in [5.74, 6) is 1.94. The molecule has 0 bridgehead atoms. The van der Waals surface area contributed by atoms with Gasteiger partial charge in [-0.05, 0) is 32.8 Å². The summed E-state index contributed by atoms with van der Waals surface area (Å²) in [6.07, 6.45) is 1.51. The van der Waals surface area contributed by atoms with Crippen LogP contribution in [0.3, 0.4) is 0 Å². The summed E-state index contributed by atoms with van der Waals surface area (Å²) in [5.41, 5.74) is 5.00. The fraction of sp³-hybridized carbons (Fsp3) is 0.545. The number of benzene rings is 1. The second-order valence-corrected chi connectivity index (χ2v) is 7.67. The molecule has 27 heavy (non-hydrogen) atoms. The molecule has 1 aromatic carbocycles. The Morgan fingerprint density at radius 2 is 1.70 bits per heavy atom. The third-order valence-electron chi connectivity index (χ3n) is 5.21. The van der Waals surface area contributed by atoms with Gasteiger partial charge in [0.15, 0.2) is 0 Å². The average Bonchev–Trinajstić information content (AvgIpc) is 2.64. The molecule has 1 saturated heterocycles. The minimum absolute atomic E-state index is 0.276. The van der Waals surface area contributed by atoms with Gasteiger partial charge in [0, 0.05) is 50.4 Å². The monoisotopic (exact) mass is 368 g/mol. The minimum atomic E-state index is -0.276. The number of β-amino-alcohol motifs (C(OH)–C–C–N with tert-alkyl or cyclic N) is 1. The SMILES string of the molecule is CCc1nc(C)nc(N2CCN(C[C@H](C)O)CC2)c1Cc1ccc(C)cc1. The zero-order valence-electron chi connectivity index (χ0n) is 17.1. The zero-order valence-corrected chi connectivity index (χ0v) is 17.1. The molecule has 3 rings (SSSR count). The van der Waals surface area contributed by atoms with E-state index in [1.807, 2.05) is 13.8 Å². The Hall–Kier alpha value is -1.98. The van der Waals surface area contributed by atoms with Crippen molar-refractivity contribution in [2.45, 2.75) is 46.6 Å². The molecule has 0 unspecified atom stereocenters. The Balaban J connectivity index is 1.85. The van der Waals surface area contributed by atoms with Crippen LogP contribution < -0.4 is 4.90 Å². The topological polar surface area (TPSA) is 52.5 Å². The first-order chi connectivity index (χ1) is 13.0. The number of hydrogen-bond donors (Lipinski definition) is 1. The third kappa shape index (κ3) is 5.05. The van der Waals surface area contributed by atoms with Crippen LogP contribution >= 0.6 is 0 Å². The molecule has 1 aromatic heterocycles. The Labute approximate surface area is 163 Å². The number of aliphatic hydroxyl groups excluding tert-OH is 1. The molecule has 1 aliphatic rings. The van der Waals surface area contributed by atoms with Crippen LogP contribution in [0.1, 0.15) is 42.1 Å². The van der Waals surface area contributed by atoms with Gasteiger partial charge in [-0.15, -0.1) is 0 Å². The molecule has 1 atom stereocenters. The van der Waals surface area contributed by atoms with Crippen LogP contribution in [-0.2, 0) is 12.8 Å². The van der Waals surface area contributed by atoms with Gasteiger partial charge in [0.05, 0.1) is 6.10 Å². The molecule has 1 aliphatic heterocycles. The third-order valence-corrected chi connectivity index (χ3v) is 5.21. The van der Waals surface area contributed by atoms with Crippen molar-refractivity contribution in [3.63, 3.8) is 0 Å². The van der Waals surface area contributed by atoms with Gasteiger partial charge in [0.2, 0.25) is 0 Å². The van der Waals surface area contributed by atoms with E-state index in [-0.39, 0.29) is 6.10 Å². The summed E-state index contributed by atoms with van der Waals surface area (Å²) in [6, 6.07) is 8.76. The van der Waals surface area contributed by atoms with Gasteiger partial charge < -0.3 is 10.0 Å². The highest BCUT2D eigenvalue weighted by Crippen LogP contribution is 2.26. The first-order valence-corrected chi connectivity index (χ1v) is 10.0. The molecule has 1 N–H and O–H groups in total. The van der Waals surface area contributed by atoms with E-state index in [0.29, 0.717) is 0 Å². The smallest absolute Gasteiger partial charge is 0.136 e. The highest BCUT2D eigenvalue weighted by molar-refractivity contribution is 5.52. The van der Waals surface area contributed by atoms with Crippen molar-refractivity contribution >= 4 is 5.82 Å². The van der Waals surface area contributed by atoms with Crippen LogP contribution in [0, 0.1) is 13.8 Å². The Morgan fingerprint density at radius 3 is 2.30 bits per heavy atom. The van der Waals surface area contributed by atoms with Crippen molar-refractivity contribution in [3.8, 4) is 0 Å². The van der Waals surface area contributed by atoms with Gasteiger partial charge in [0.25, 0.3) is 0 Å². The fourth-order valence-corrected chi connectivity index (χ4v) is 3.80. The van der Waals surface area contributed by atoms with E-state index in [2.05, 4.69) is 47.9 Å². The number of rotatable bonds is 6. The average molecular weight is 369 g/mol. The van der Waals surface area contributed by atoms with E-state index >= 15 is 0 Å². The molecule has 2 heterocycles. The lowest BCUT2D eigenvalue weighted by atomic mass is 10.0. The number of piperazine rings is 1. The summed E-state index contributed by atoms with van der Waals surface area (Å²) in [7, 11) is 0. The van der Waals surface area contributed by atoms with Gasteiger partial charge in [-0.2, -0.15) is 0 Å². The standard InChI is InChI=1S/C22H32N4O/c1-5-21-20(14-19-8-6-16(2)7-9-19)22(24-18(4)23-21)26-12-10-25(11-13-26)15-17(3)27/h6-9,17,27H,5,10-15H2,1-4H3/t17-/m0/s1. The molecule has 0 amide bonds. The maximum absolute atomic E-state index is 9.64. The molecule has 0 aliphatic carbocycles. The van der Waals surface area contributed by atoms with E-state index in [4.69, 9.17) is 9.97 Å². The molecule has 0 spiro atoms. The van der Waals surface area contributed by atoms with Gasteiger partial charge in [-0.1, -0.05) is 36.8 Å². The molecule has 146 valence electrons. The molecule has 5 nitrogen and oxygen atoms in total. The van der Waals surface area contributed by atoms with Crippen LogP contribution in [0.25, 0.3) is 0 Å². The lowest BCUT2D eigenvalue weighted by Gasteiger charge is -2.37. The summed E-state index contributed by atoms with van der Waals surface area (Å²) < 4.78 is 0. The van der Waals surface area contributed by atoms with Crippen molar-refractivity contribution < 1.29 is 5.11 Å². The molecular weight excluding hydrogens is 336 g/mol. The Bertz CT molecular complexity index is 750. The molecule has 0 radical (unpaired) electrons. The van der Waals surface area contributed by atoms with Gasteiger partial charge in [-0.3, -0.25) is 4.90 Å². The lowest BCUT2D eigenvalue weighted by Crippen LogP contribution is -2.49. The molecule has 5 heteroatoms. The van der Waals surface area contributed by atoms with Crippen molar-refractivity contribution in [2.24, 2.45) is 0 Å². The van der Waals surface area contributed by atoms with Gasteiger partial charge in [0.1, 0.15) is 11.6 Å². The van der Waals surface area contributed by atoms with Crippen LogP contribution in [-0.4, -0.2) is 58.8 Å². The fourth-order valence-electron chi connectivity index (χ4n) is 3.80. The van der Waals surface area contributed by atoms with Crippen molar-refractivity contribution in [1.82, 2.24) is 14.9 Å². The van der Waals surface area contributed by atoms with Gasteiger partial charge >= 0.3 is 0 Å². The van der Waals surface area contributed by atoms with E-state index in [0.717, 1.165) is 62.9 Å². The zero-order chi connectivity index (χ0) is 19.4. The number of aryl methyl sites for hydroxylation is 3. The van der Waals surface area contributed by atoms with E-state index in [9.17, 15) is 5.11 Å². The number of aromatic nitrogens is 2. The summed E-state index contributed by atoms with van der Waals surface area (Å²) in [5, 5.41) is 9.64. The largest absolute Gasteiger partial charge is 0.392 e. The first kappa shape index (κ1) is 19.8. The molecule has 0 saturated carbocycles. The molecule has 1 fully saturated rings. The number of nitrogens with zero attached hydrogens (tertiary/aromatic N) is 4. The van der Waals surface area contributed by atoms with E-state index < -0.39 is 0 Å². The normalized spacial score (nSPS) is 16.6. The summed E-state index contributed by atoms with van der Waals surface area (Å²) in [4.78, 5) is 14.3. The second kappa shape index (κ2) is 8.81. The summed E-state index contributed by atoms with van der Waals surface area (Å²) in [6.45, 7) is 12.7. The van der Waals surface area contributed by atoms with E-state index in [1.165, 1.54) is 16.7 Å². The maximum atomic E-state index is 9.64. The predicted octanol–water partition coefficient (Wildman–Crippen LogP) is 2.75. The van der Waals surface area contributed by atoms with Crippen molar-refractivity contribution in [3.05, 3.63) is 52.5 Å². The minimum Gasteiger partial charge on any atom is -0.392 e. The predicted molar refractivity (Wildman–Crippen MR) is 110 cm³/mol. The number of anilines is 1. The summed E-state index contributed by atoms with van der Waals surface area (Å²) >= 11 is 0. The number of hydrogen-bond acceptors (Lipinski definition) is 5. The molecular formula is C22H32N4O. The van der Waals surface area contributed by atoms with Gasteiger partial charge in [-0.25, -0.2) is 9.97 Å². The van der Waals surface area contributed by atoms with Crippen LogP contribution in [0.4, 0.5) is 5.82 Å². The Morgan fingerprint density at radius 1 is 1.04 bits per heavy atom. The Kier molecular flexibility index (Phi) is 6.45. The highest BCUT2D eigenvalue weighted by atomic mass is 16.3. The lowest BCUT2D eigenvalue weighted by molar-refractivity contribution is 0.122. The molecule has 2 aromatic rings. The quantitative estimate of drug-likeness (QED) is 0.850. The van der Waals surface area contributed by atoms with Crippen LogP contribution in [0.15, 0.2) is 24.3 Å². The van der Waals surface area contributed by atoms with Crippen LogP contribution in [0.2, 0.25) is 0 Å². The maximum Gasteiger partial charge on any atom is 0.136 e. The van der Waals surface area contributed by atoms with Crippen molar-refractivity contribution in [2.75, 3.05) is 37.6 Å².